The van der Waals surface area contributed by atoms with Gasteiger partial charge < -0.3 is 20.3 Å². The molecule has 116 valence electrons. The van der Waals surface area contributed by atoms with Gasteiger partial charge in [-0.1, -0.05) is 12.1 Å². The Hall–Kier alpha value is -1.66. The predicted octanol–water partition coefficient (Wildman–Crippen LogP) is 0.480. The molecule has 0 bridgehead atoms. The van der Waals surface area contributed by atoms with Crippen LogP contribution in [0.1, 0.15) is 5.56 Å². The number of carbonyl (C=O) groups is 1. The first-order valence-corrected chi connectivity index (χ1v) is 7.18. The Morgan fingerprint density at radius 3 is 2.71 bits per heavy atom. The highest BCUT2D eigenvalue weighted by Crippen LogP contribution is 2.23. The number of likely N-dealkylation sites (N-methyl/N-ethyl adjacent to an activating group) is 1. The molecular weight excluding hydrogens is 273 g/mol. The number of halogens is 1. The van der Waals surface area contributed by atoms with Crippen LogP contribution in [-0.4, -0.2) is 62.1 Å². The Labute approximate surface area is 124 Å². The van der Waals surface area contributed by atoms with Crippen molar-refractivity contribution in [2.45, 2.75) is 6.42 Å². The molecule has 1 aliphatic heterocycles. The SMILES string of the molecule is CN1CCN(C(=O)COc2c(F)cccc2CCN)CC1. The molecule has 1 aromatic carbocycles. The quantitative estimate of drug-likeness (QED) is 0.858. The van der Waals surface area contributed by atoms with Crippen LogP contribution in [0.4, 0.5) is 4.39 Å². The lowest BCUT2D eigenvalue weighted by Gasteiger charge is -2.32. The van der Waals surface area contributed by atoms with Crippen LogP contribution in [0.3, 0.4) is 0 Å². The highest BCUT2D eigenvalue weighted by molar-refractivity contribution is 5.78. The van der Waals surface area contributed by atoms with Crippen molar-refractivity contribution in [3.63, 3.8) is 0 Å². The van der Waals surface area contributed by atoms with Gasteiger partial charge in [-0.2, -0.15) is 0 Å². The van der Waals surface area contributed by atoms with Crippen LogP contribution in [0.15, 0.2) is 18.2 Å². The van der Waals surface area contributed by atoms with E-state index in [2.05, 4.69) is 4.90 Å². The minimum absolute atomic E-state index is 0.106. The van der Waals surface area contributed by atoms with Crippen molar-refractivity contribution in [3.8, 4) is 5.75 Å². The zero-order chi connectivity index (χ0) is 15.2. The monoisotopic (exact) mass is 295 g/mol. The van der Waals surface area contributed by atoms with E-state index < -0.39 is 5.82 Å². The first-order chi connectivity index (χ1) is 10.1. The Morgan fingerprint density at radius 2 is 2.05 bits per heavy atom. The lowest BCUT2D eigenvalue weighted by atomic mass is 10.1. The number of hydrogen-bond acceptors (Lipinski definition) is 4. The average molecular weight is 295 g/mol. The maximum atomic E-state index is 13.8. The van der Waals surface area contributed by atoms with E-state index in [4.69, 9.17) is 10.5 Å². The molecule has 2 N–H and O–H groups in total. The topological polar surface area (TPSA) is 58.8 Å². The number of benzene rings is 1. The highest BCUT2D eigenvalue weighted by atomic mass is 19.1. The van der Waals surface area contributed by atoms with Crippen molar-refractivity contribution in [2.24, 2.45) is 5.73 Å². The zero-order valence-electron chi connectivity index (χ0n) is 12.3. The Bertz CT molecular complexity index is 488. The van der Waals surface area contributed by atoms with Gasteiger partial charge in [-0.15, -0.1) is 0 Å². The van der Waals surface area contributed by atoms with Crippen LogP contribution < -0.4 is 10.5 Å². The fraction of sp³-hybridized carbons (Fsp3) is 0.533. The molecule has 2 rings (SSSR count). The van der Waals surface area contributed by atoms with E-state index >= 15 is 0 Å². The summed E-state index contributed by atoms with van der Waals surface area (Å²) in [6.45, 7) is 3.35. The lowest BCUT2D eigenvalue weighted by Crippen LogP contribution is -2.48. The van der Waals surface area contributed by atoms with Crippen LogP contribution in [0.2, 0.25) is 0 Å². The van der Waals surface area contributed by atoms with E-state index in [1.54, 1.807) is 17.0 Å². The molecule has 1 fully saturated rings. The summed E-state index contributed by atoms with van der Waals surface area (Å²) in [5.41, 5.74) is 6.21. The van der Waals surface area contributed by atoms with Crippen molar-refractivity contribution in [1.82, 2.24) is 9.80 Å². The number of rotatable bonds is 5. The molecule has 0 spiro atoms. The van der Waals surface area contributed by atoms with Crippen LogP contribution in [0.25, 0.3) is 0 Å². The van der Waals surface area contributed by atoms with Crippen LogP contribution in [0.5, 0.6) is 5.75 Å². The molecule has 0 saturated carbocycles. The predicted molar refractivity (Wildman–Crippen MR) is 78.7 cm³/mol. The van der Waals surface area contributed by atoms with Gasteiger partial charge >= 0.3 is 0 Å². The second-order valence-electron chi connectivity index (χ2n) is 5.24. The fourth-order valence-electron chi connectivity index (χ4n) is 2.35. The molecule has 6 heteroatoms. The number of nitrogens with two attached hydrogens (primary N) is 1. The highest BCUT2D eigenvalue weighted by Gasteiger charge is 2.20. The van der Waals surface area contributed by atoms with E-state index in [0.29, 0.717) is 31.6 Å². The number of piperazine rings is 1. The normalized spacial score (nSPS) is 16.0. The molecule has 21 heavy (non-hydrogen) atoms. The molecule has 0 unspecified atom stereocenters. The standard InChI is InChI=1S/C15H22FN3O2/c1-18-7-9-19(10-8-18)14(20)11-21-15-12(5-6-17)3-2-4-13(15)16/h2-4H,5-11,17H2,1H3. The number of ether oxygens (including phenoxy) is 1. The Morgan fingerprint density at radius 1 is 1.33 bits per heavy atom. The summed E-state index contributed by atoms with van der Waals surface area (Å²) in [7, 11) is 2.02. The number of hydrogen-bond donors (Lipinski definition) is 1. The van der Waals surface area contributed by atoms with Crippen LogP contribution >= 0.6 is 0 Å². The molecule has 0 radical (unpaired) electrons. The third kappa shape index (κ3) is 4.15. The summed E-state index contributed by atoms with van der Waals surface area (Å²) in [6, 6.07) is 4.72. The molecule has 0 aromatic heterocycles. The molecule has 1 amide bonds. The average Bonchev–Trinajstić information content (AvgIpc) is 2.47. The molecule has 0 aliphatic carbocycles. The van der Waals surface area contributed by atoms with Crippen molar-refractivity contribution in [2.75, 3.05) is 46.4 Å². The van der Waals surface area contributed by atoms with Gasteiger partial charge in [0.25, 0.3) is 5.91 Å². The van der Waals surface area contributed by atoms with Crippen molar-refractivity contribution in [1.29, 1.82) is 0 Å². The summed E-state index contributed by atoms with van der Waals surface area (Å²) in [5.74, 6) is -0.414. The van der Waals surface area contributed by atoms with Gasteiger partial charge in [0, 0.05) is 26.2 Å². The van der Waals surface area contributed by atoms with Gasteiger partial charge in [-0.25, -0.2) is 4.39 Å². The maximum absolute atomic E-state index is 13.8. The zero-order valence-corrected chi connectivity index (χ0v) is 12.3. The Balaban J connectivity index is 1.95. The third-order valence-electron chi connectivity index (χ3n) is 3.66. The van der Waals surface area contributed by atoms with Crippen molar-refractivity contribution >= 4 is 5.91 Å². The summed E-state index contributed by atoms with van der Waals surface area (Å²) < 4.78 is 19.2. The van der Waals surface area contributed by atoms with Crippen LogP contribution in [0, 0.1) is 5.82 Å². The number of amides is 1. The molecule has 0 atom stereocenters. The molecule has 1 aromatic rings. The van der Waals surface area contributed by atoms with Gasteiger partial charge in [0.15, 0.2) is 18.2 Å². The van der Waals surface area contributed by atoms with Crippen LogP contribution in [-0.2, 0) is 11.2 Å². The first kappa shape index (κ1) is 15.7. The number of para-hydroxylation sites is 1. The molecule has 1 saturated heterocycles. The first-order valence-electron chi connectivity index (χ1n) is 7.18. The largest absolute Gasteiger partial charge is 0.480 e. The van der Waals surface area contributed by atoms with E-state index in [0.717, 1.165) is 13.1 Å². The lowest BCUT2D eigenvalue weighted by molar-refractivity contribution is -0.134. The van der Waals surface area contributed by atoms with Crippen molar-refractivity contribution < 1.29 is 13.9 Å². The van der Waals surface area contributed by atoms with E-state index in [9.17, 15) is 9.18 Å². The van der Waals surface area contributed by atoms with Crippen molar-refractivity contribution in [3.05, 3.63) is 29.6 Å². The van der Waals surface area contributed by atoms with E-state index in [1.807, 2.05) is 7.05 Å². The Kier molecular flexibility index (Phi) is 5.52. The fourth-order valence-corrected chi connectivity index (χ4v) is 2.35. The van der Waals surface area contributed by atoms with E-state index in [1.165, 1.54) is 6.07 Å². The van der Waals surface area contributed by atoms with Gasteiger partial charge in [0.05, 0.1) is 0 Å². The van der Waals surface area contributed by atoms with Gasteiger partial charge in [-0.05, 0) is 31.6 Å². The summed E-state index contributed by atoms with van der Waals surface area (Å²) in [4.78, 5) is 16.0. The smallest absolute Gasteiger partial charge is 0.260 e. The third-order valence-corrected chi connectivity index (χ3v) is 3.66. The number of nitrogens with zero attached hydrogens (tertiary/aromatic N) is 2. The molecule has 5 nitrogen and oxygen atoms in total. The van der Waals surface area contributed by atoms with Gasteiger partial charge in [0.2, 0.25) is 0 Å². The molecular formula is C15H22FN3O2. The van der Waals surface area contributed by atoms with Gasteiger partial charge in [0.1, 0.15) is 0 Å². The summed E-state index contributed by atoms with van der Waals surface area (Å²) in [5, 5.41) is 0. The molecule has 1 aliphatic rings. The second kappa shape index (κ2) is 7.38. The number of carbonyl (C=O) groups excluding carboxylic acids is 1. The van der Waals surface area contributed by atoms with E-state index in [-0.39, 0.29) is 18.3 Å². The minimum atomic E-state index is -0.452. The summed E-state index contributed by atoms with van der Waals surface area (Å²) >= 11 is 0. The molecule has 1 heterocycles. The maximum Gasteiger partial charge on any atom is 0.260 e. The minimum Gasteiger partial charge on any atom is -0.480 e. The second-order valence-corrected chi connectivity index (χ2v) is 5.24. The van der Waals surface area contributed by atoms with Gasteiger partial charge in [-0.3, -0.25) is 4.79 Å². The summed E-state index contributed by atoms with van der Waals surface area (Å²) in [6.07, 6.45) is 0.524.